The van der Waals surface area contributed by atoms with Gasteiger partial charge in [-0.15, -0.1) is 5.10 Å². The summed E-state index contributed by atoms with van der Waals surface area (Å²) < 4.78 is 40.3. The second-order valence-electron chi connectivity index (χ2n) is 7.24. The summed E-state index contributed by atoms with van der Waals surface area (Å²) in [6.07, 6.45) is -3.50. The number of benzene rings is 1. The zero-order valence-electron chi connectivity index (χ0n) is 15.8. The molecule has 1 amide bonds. The highest BCUT2D eigenvalue weighted by atomic mass is 19.4. The molecule has 0 bridgehead atoms. The molecule has 3 rings (SSSR count). The Morgan fingerprint density at radius 3 is 2.36 bits per heavy atom. The van der Waals surface area contributed by atoms with Crippen LogP contribution in [0.15, 0.2) is 35.1 Å². The molecule has 28 heavy (non-hydrogen) atoms. The van der Waals surface area contributed by atoms with Gasteiger partial charge in [-0.25, -0.2) is 9.48 Å². The van der Waals surface area contributed by atoms with Gasteiger partial charge in [0.15, 0.2) is 0 Å². The van der Waals surface area contributed by atoms with Crippen molar-refractivity contribution in [1.82, 2.24) is 19.2 Å². The Morgan fingerprint density at radius 2 is 1.82 bits per heavy atom. The van der Waals surface area contributed by atoms with E-state index in [-0.39, 0.29) is 11.8 Å². The third kappa shape index (κ3) is 4.13. The highest BCUT2D eigenvalue weighted by Gasteiger charge is 2.39. The number of hydrogen-bond acceptors (Lipinski definition) is 3. The van der Waals surface area contributed by atoms with Gasteiger partial charge < -0.3 is 4.90 Å². The van der Waals surface area contributed by atoms with E-state index < -0.39 is 23.7 Å². The smallest absolute Gasteiger partial charge is 0.343 e. The van der Waals surface area contributed by atoms with Crippen LogP contribution in [0.2, 0.25) is 0 Å². The van der Waals surface area contributed by atoms with E-state index >= 15 is 0 Å². The number of nitrogens with zero attached hydrogens (tertiary/aromatic N) is 4. The lowest BCUT2D eigenvalue weighted by Gasteiger charge is -2.32. The van der Waals surface area contributed by atoms with Gasteiger partial charge in [0.2, 0.25) is 11.7 Å². The van der Waals surface area contributed by atoms with Crippen LogP contribution in [0.1, 0.15) is 49.5 Å². The molecule has 1 aliphatic heterocycles. The lowest BCUT2D eigenvalue weighted by molar-refractivity contribution is -0.147. The molecule has 2 heterocycles. The van der Waals surface area contributed by atoms with E-state index in [4.69, 9.17) is 0 Å². The van der Waals surface area contributed by atoms with Crippen molar-refractivity contribution >= 4 is 5.91 Å². The summed E-state index contributed by atoms with van der Waals surface area (Å²) >= 11 is 0. The highest BCUT2D eigenvalue weighted by Crippen LogP contribution is 2.28. The van der Waals surface area contributed by atoms with Crippen LogP contribution in [0.25, 0.3) is 0 Å². The Labute approximate surface area is 160 Å². The van der Waals surface area contributed by atoms with Gasteiger partial charge in [-0.1, -0.05) is 37.3 Å². The zero-order valence-corrected chi connectivity index (χ0v) is 15.8. The Morgan fingerprint density at radius 1 is 1.21 bits per heavy atom. The third-order valence-corrected chi connectivity index (χ3v) is 5.27. The number of amides is 1. The van der Waals surface area contributed by atoms with Crippen LogP contribution < -0.4 is 5.69 Å². The first-order valence-corrected chi connectivity index (χ1v) is 9.24. The average Bonchev–Trinajstić information content (AvgIpc) is 2.98. The van der Waals surface area contributed by atoms with Crippen LogP contribution in [0.5, 0.6) is 0 Å². The third-order valence-electron chi connectivity index (χ3n) is 5.27. The molecular weight excluding hydrogens is 373 g/mol. The van der Waals surface area contributed by atoms with Crippen LogP contribution in [-0.2, 0) is 18.0 Å². The SMILES string of the molecule is CC(CC(=O)N1CCC(n2nc(C(F)(F)F)n(C)c2=O)CC1)c1ccccc1. The van der Waals surface area contributed by atoms with E-state index in [1.54, 1.807) is 4.90 Å². The standard InChI is InChI=1S/C19H23F3N4O2/c1-13(14-6-4-3-5-7-14)12-16(27)25-10-8-15(9-11-25)26-18(28)24(2)17(23-26)19(20,21)22/h3-7,13,15H,8-12H2,1-2H3. The molecule has 0 spiro atoms. The van der Waals surface area contributed by atoms with Crippen LogP contribution >= 0.6 is 0 Å². The first-order valence-electron chi connectivity index (χ1n) is 9.24. The minimum atomic E-state index is -4.68. The van der Waals surface area contributed by atoms with Gasteiger partial charge in [0.05, 0.1) is 6.04 Å². The van der Waals surface area contributed by atoms with Crippen LogP contribution in [0.4, 0.5) is 13.2 Å². The predicted octanol–water partition coefficient (Wildman–Crippen LogP) is 2.96. The molecule has 0 saturated carbocycles. The average molecular weight is 396 g/mol. The molecule has 1 atom stereocenters. The fourth-order valence-electron chi connectivity index (χ4n) is 3.59. The number of carbonyl (C=O) groups excluding carboxylic acids is 1. The number of rotatable bonds is 4. The summed E-state index contributed by atoms with van der Waals surface area (Å²) in [5.41, 5.74) is 0.306. The molecular formula is C19H23F3N4O2. The maximum atomic E-state index is 13.0. The lowest BCUT2D eigenvalue weighted by Crippen LogP contribution is -2.41. The molecule has 1 fully saturated rings. The van der Waals surface area contributed by atoms with Crippen LogP contribution in [0, 0.1) is 0 Å². The molecule has 1 unspecified atom stereocenters. The molecule has 0 N–H and O–H groups in total. The van der Waals surface area contributed by atoms with E-state index in [2.05, 4.69) is 5.10 Å². The predicted molar refractivity (Wildman–Crippen MR) is 96.8 cm³/mol. The lowest BCUT2D eigenvalue weighted by atomic mass is 9.96. The molecule has 1 aromatic heterocycles. The fourth-order valence-corrected chi connectivity index (χ4v) is 3.59. The number of hydrogen-bond donors (Lipinski definition) is 0. The number of piperidine rings is 1. The van der Waals surface area contributed by atoms with E-state index in [1.807, 2.05) is 37.3 Å². The molecule has 152 valence electrons. The van der Waals surface area contributed by atoms with E-state index in [0.717, 1.165) is 17.3 Å². The van der Waals surface area contributed by atoms with E-state index in [9.17, 15) is 22.8 Å². The first-order chi connectivity index (χ1) is 13.2. The molecule has 0 radical (unpaired) electrons. The Balaban J connectivity index is 1.62. The summed E-state index contributed by atoms with van der Waals surface area (Å²) in [6, 6.07) is 9.31. The zero-order chi connectivity index (χ0) is 20.5. The molecule has 1 saturated heterocycles. The molecule has 2 aromatic rings. The van der Waals surface area contributed by atoms with Crippen molar-refractivity contribution in [2.24, 2.45) is 7.05 Å². The van der Waals surface area contributed by atoms with E-state index in [1.165, 1.54) is 0 Å². The second-order valence-corrected chi connectivity index (χ2v) is 7.24. The van der Waals surface area contributed by atoms with Crippen molar-refractivity contribution in [3.8, 4) is 0 Å². The Kier molecular flexibility index (Phi) is 5.62. The fraction of sp³-hybridized carbons (Fsp3) is 0.526. The largest absolute Gasteiger partial charge is 0.451 e. The first kappa shape index (κ1) is 20.2. The molecule has 1 aromatic carbocycles. The maximum Gasteiger partial charge on any atom is 0.451 e. The number of alkyl halides is 3. The molecule has 6 nitrogen and oxygen atoms in total. The van der Waals surface area contributed by atoms with Gasteiger partial charge in [-0.2, -0.15) is 13.2 Å². The van der Waals surface area contributed by atoms with Crippen LogP contribution in [-0.4, -0.2) is 38.2 Å². The van der Waals surface area contributed by atoms with Crippen molar-refractivity contribution in [2.75, 3.05) is 13.1 Å². The van der Waals surface area contributed by atoms with Crippen molar-refractivity contribution in [1.29, 1.82) is 0 Å². The van der Waals surface area contributed by atoms with Crippen molar-refractivity contribution < 1.29 is 18.0 Å². The van der Waals surface area contributed by atoms with Crippen molar-refractivity contribution in [3.63, 3.8) is 0 Å². The van der Waals surface area contributed by atoms with Gasteiger partial charge in [0.25, 0.3) is 0 Å². The monoisotopic (exact) mass is 396 g/mol. The van der Waals surface area contributed by atoms with Gasteiger partial charge in [0.1, 0.15) is 0 Å². The number of aromatic nitrogens is 3. The number of carbonyl (C=O) groups is 1. The summed E-state index contributed by atoms with van der Waals surface area (Å²) in [5.74, 6) is -1.11. The topological polar surface area (TPSA) is 60.1 Å². The molecule has 9 heteroatoms. The van der Waals surface area contributed by atoms with Gasteiger partial charge in [0, 0.05) is 26.6 Å². The maximum absolute atomic E-state index is 13.0. The summed E-state index contributed by atoms with van der Waals surface area (Å²) in [7, 11) is 1.07. The van der Waals surface area contributed by atoms with Gasteiger partial charge >= 0.3 is 11.9 Å². The summed E-state index contributed by atoms with van der Waals surface area (Å²) in [5, 5.41) is 3.50. The van der Waals surface area contributed by atoms with E-state index in [0.29, 0.717) is 36.9 Å². The van der Waals surface area contributed by atoms with Crippen molar-refractivity contribution in [2.45, 2.75) is 44.3 Å². The molecule has 0 aliphatic carbocycles. The van der Waals surface area contributed by atoms with Crippen LogP contribution in [0.3, 0.4) is 0 Å². The number of likely N-dealkylation sites (tertiary alicyclic amines) is 1. The molecule has 1 aliphatic rings. The second kappa shape index (κ2) is 7.81. The summed E-state index contributed by atoms with van der Waals surface area (Å²) in [4.78, 5) is 26.4. The van der Waals surface area contributed by atoms with Gasteiger partial charge in [-0.05, 0) is 24.3 Å². The Bertz CT molecular complexity index is 881. The van der Waals surface area contributed by atoms with Crippen molar-refractivity contribution in [3.05, 3.63) is 52.2 Å². The minimum Gasteiger partial charge on any atom is -0.343 e. The summed E-state index contributed by atoms with van der Waals surface area (Å²) in [6.45, 7) is 2.79. The quantitative estimate of drug-likeness (QED) is 0.798. The Hall–Kier alpha value is -2.58. The number of halogens is 3. The normalized spacial score (nSPS) is 17.0. The van der Waals surface area contributed by atoms with Gasteiger partial charge in [-0.3, -0.25) is 9.36 Å². The minimum absolute atomic E-state index is 0.0131. The highest BCUT2D eigenvalue weighted by molar-refractivity contribution is 5.77.